The van der Waals surface area contributed by atoms with E-state index >= 15 is 0 Å². The van der Waals surface area contributed by atoms with Gasteiger partial charge in [-0.3, -0.25) is 10.1 Å². The van der Waals surface area contributed by atoms with Gasteiger partial charge in [-0.2, -0.15) is 5.26 Å². The van der Waals surface area contributed by atoms with E-state index in [9.17, 15) is 15.4 Å². The van der Waals surface area contributed by atoms with Gasteiger partial charge in [-0.15, -0.1) is 0 Å². The van der Waals surface area contributed by atoms with Crippen LogP contribution in [0, 0.1) is 21.4 Å². The molecule has 0 fully saturated rings. The maximum Gasteiger partial charge on any atom is 0.311 e. The summed E-state index contributed by atoms with van der Waals surface area (Å²) in [5.41, 5.74) is 2.56. The number of aliphatic imine (C=N–C) groups is 1. The van der Waals surface area contributed by atoms with E-state index in [-0.39, 0.29) is 22.9 Å². The number of ether oxygens (including phenoxy) is 2. The Hall–Kier alpha value is -4.90. The third-order valence-corrected chi connectivity index (χ3v) is 5.15. The molecule has 0 saturated carbocycles. The van der Waals surface area contributed by atoms with E-state index in [1.807, 2.05) is 60.7 Å². The van der Waals surface area contributed by atoms with Gasteiger partial charge in [0, 0.05) is 35.0 Å². The Morgan fingerprint density at radius 3 is 2.15 bits per heavy atom. The first-order chi connectivity index (χ1) is 16.6. The molecule has 0 saturated heterocycles. The topological polar surface area (TPSA) is 111 Å². The lowest BCUT2D eigenvalue weighted by molar-refractivity contribution is -0.385. The Morgan fingerprint density at radius 2 is 1.59 bits per heavy atom. The van der Waals surface area contributed by atoms with Crippen molar-refractivity contribution >= 4 is 17.8 Å². The summed E-state index contributed by atoms with van der Waals surface area (Å²) in [4.78, 5) is 15.3. The molecule has 0 aliphatic heterocycles. The van der Waals surface area contributed by atoms with Crippen LogP contribution in [0.2, 0.25) is 0 Å². The van der Waals surface area contributed by atoms with Crippen LogP contribution in [0.3, 0.4) is 0 Å². The second kappa shape index (κ2) is 9.71. The molecule has 1 aromatic heterocycles. The fraction of sp³-hybridized carbons (Fsp3) is 0.0769. The van der Waals surface area contributed by atoms with Gasteiger partial charge in [0.1, 0.15) is 23.1 Å². The predicted molar refractivity (Wildman–Crippen MR) is 128 cm³/mol. The standard InChI is InChI=1S/C26H19N3O5/c1-32-22-14-23(33-2)21(29(30)31)13-19(22)16-28-26-20(15-27)24(17-9-5-3-6-10-17)25(34-26)18-11-7-4-8-12-18/h3-14,16H,1-2H3. The molecule has 0 spiro atoms. The van der Waals surface area contributed by atoms with Crippen molar-refractivity contribution in [2.24, 2.45) is 4.99 Å². The molecule has 0 bridgehead atoms. The van der Waals surface area contributed by atoms with Gasteiger partial charge in [-0.05, 0) is 5.56 Å². The van der Waals surface area contributed by atoms with Gasteiger partial charge in [-0.1, -0.05) is 60.7 Å². The first-order valence-corrected chi connectivity index (χ1v) is 10.2. The maximum absolute atomic E-state index is 11.4. The summed E-state index contributed by atoms with van der Waals surface area (Å²) in [6.07, 6.45) is 1.37. The highest BCUT2D eigenvalue weighted by Crippen LogP contribution is 2.42. The number of nitriles is 1. The first-order valence-electron chi connectivity index (χ1n) is 10.2. The second-order valence-electron chi connectivity index (χ2n) is 7.11. The van der Waals surface area contributed by atoms with Crippen molar-refractivity contribution in [2.45, 2.75) is 0 Å². The summed E-state index contributed by atoms with van der Waals surface area (Å²) >= 11 is 0. The Morgan fingerprint density at radius 1 is 0.971 bits per heavy atom. The van der Waals surface area contributed by atoms with Crippen LogP contribution in [-0.2, 0) is 0 Å². The zero-order valence-corrected chi connectivity index (χ0v) is 18.4. The zero-order chi connectivity index (χ0) is 24.1. The van der Waals surface area contributed by atoms with E-state index in [0.29, 0.717) is 22.6 Å². The number of nitro benzene ring substituents is 1. The van der Waals surface area contributed by atoms with E-state index in [4.69, 9.17) is 13.9 Å². The van der Waals surface area contributed by atoms with Gasteiger partial charge in [-0.25, -0.2) is 4.99 Å². The quantitative estimate of drug-likeness (QED) is 0.188. The number of hydrogen-bond acceptors (Lipinski definition) is 7. The molecule has 34 heavy (non-hydrogen) atoms. The zero-order valence-electron chi connectivity index (χ0n) is 18.4. The van der Waals surface area contributed by atoms with Crippen LogP contribution < -0.4 is 9.47 Å². The van der Waals surface area contributed by atoms with Crippen molar-refractivity contribution in [3.8, 4) is 40.0 Å². The number of furan rings is 1. The Bertz CT molecular complexity index is 1400. The largest absolute Gasteiger partial charge is 0.496 e. The summed E-state index contributed by atoms with van der Waals surface area (Å²) in [5.74, 6) is 0.971. The molecule has 0 radical (unpaired) electrons. The van der Waals surface area contributed by atoms with E-state index < -0.39 is 4.92 Å². The molecule has 0 unspecified atom stereocenters. The summed E-state index contributed by atoms with van der Waals surface area (Å²) in [6.45, 7) is 0. The van der Waals surface area contributed by atoms with Crippen LogP contribution in [0.4, 0.5) is 11.6 Å². The Kier molecular flexibility index (Phi) is 6.37. The van der Waals surface area contributed by atoms with E-state index in [2.05, 4.69) is 11.1 Å². The first kappa shape index (κ1) is 22.3. The van der Waals surface area contributed by atoms with Gasteiger partial charge in [0.15, 0.2) is 0 Å². The summed E-state index contributed by atoms with van der Waals surface area (Å²) in [5, 5.41) is 21.4. The average molecular weight is 453 g/mol. The van der Waals surface area contributed by atoms with E-state index in [0.717, 1.165) is 11.1 Å². The normalized spacial score (nSPS) is 10.7. The molecule has 8 nitrogen and oxygen atoms in total. The van der Waals surface area contributed by atoms with Crippen LogP contribution in [-0.4, -0.2) is 25.4 Å². The Labute approximate surface area is 195 Å². The monoisotopic (exact) mass is 453 g/mol. The summed E-state index contributed by atoms with van der Waals surface area (Å²) in [6, 6.07) is 23.8. The van der Waals surface area contributed by atoms with Crippen LogP contribution in [0.5, 0.6) is 11.5 Å². The van der Waals surface area contributed by atoms with E-state index in [1.54, 1.807) is 0 Å². The number of rotatable bonds is 7. The minimum atomic E-state index is -0.551. The van der Waals surface area contributed by atoms with Gasteiger partial charge in [0.05, 0.1) is 19.1 Å². The molecule has 0 N–H and O–H groups in total. The predicted octanol–water partition coefficient (Wildman–Crippen LogP) is 6.16. The maximum atomic E-state index is 11.4. The lowest BCUT2D eigenvalue weighted by Gasteiger charge is -2.07. The van der Waals surface area contributed by atoms with Crippen molar-refractivity contribution in [1.82, 2.24) is 0 Å². The molecule has 0 aliphatic carbocycles. The van der Waals surface area contributed by atoms with Crippen LogP contribution in [0.15, 0.2) is 82.2 Å². The molecule has 0 aliphatic rings. The van der Waals surface area contributed by atoms with Crippen molar-refractivity contribution in [3.05, 3.63) is 94.0 Å². The molecule has 4 aromatic rings. The number of benzene rings is 3. The highest BCUT2D eigenvalue weighted by molar-refractivity contribution is 5.91. The molecule has 168 valence electrons. The van der Waals surface area contributed by atoms with Crippen LogP contribution >= 0.6 is 0 Å². The van der Waals surface area contributed by atoms with E-state index in [1.165, 1.54) is 32.6 Å². The fourth-order valence-corrected chi connectivity index (χ4v) is 3.56. The summed E-state index contributed by atoms with van der Waals surface area (Å²) < 4.78 is 16.5. The molecule has 3 aromatic carbocycles. The lowest BCUT2D eigenvalue weighted by Crippen LogP contribution is -1.98. The minimum absolute atomic E-state index is 0.0624. The fourth-order valence-electron chi connectivity index (χ4n) is 3.56. The average Bonchev–Trinajstić information content (AvgIpc) is 3.26. The van der Waals surface area contributed by atoms with Gasteiger partial charge < -0.3 is 13.9 Å². The number of nitrogens with zero attached hydrogens (tertiary/aromatic N) is 3. The molecule has 0 atom stereocenters. The molecule has 8 heteroatoms. The SMILES string of the molecule is COc1cc(OC)c([N+](=O)[O-])cc1C=Nc1oc(-c2ccccc2)c(-c2ccccc2)c1C#N. The molecule has 0 amide bonds. The minimum Gasteiger partial charge on any atom is -0.496 e. The second-order valence-corrected chi connectivity index (χ2v) is 7.11. The number of hydrogen-bond donors (Lipinski definition) is 0. The Balaban J connectivity index is 1.89. The molecular formula is C26H19N3O5. The molecule has 1 heterocycles. The number of methoxy groups -OCH3 is 2. The highest BCUT2D eigenvalue weighted by Gasteiger charge is 2.23. The van der Waals surface area contributed by atoms with Crippen LogP contribution in [0.1, 0.15) is 11.1 Å². The smallest absolute Gasteiger partial charge is 0.311 e. The third-order valence-electron chi connectivity index (χ3n) is 5.15. The van der Waals surface area contributed by atoms with Crippen molar-refractivity contribution in [1.29, 1.82) is 5.26 Å². The van der Waals surface area contributed by atoms with Crippen molar-refractivity contribution < 1.29 is 18.8 Å². The van der Waals surface area contributed by atoms with Crippen LogP contribution in [0.25, 0.3) is 22.5 Å². The van der Waals surface area contributed by atoms with Crippen molar-refractivity contribution in [2.75, 3.05) is 14.2 Å². The number of nitro groups is 1. The third kappa shape index (κ3) is 4.23. The van der Waals surface area contributed by atoms with Gasteiger partial charge in [0.25, 0.3) is 0 Å². The highest BCUT2D eigenvalue weighted by atomic mass is 16.6. The van der Waals surface area contributed by atoms with Gasteiger partial charge >= 0.3 is 5.69 Å². The van der Waals surface area contributed by atoms with Gasteiger partial charge in [0.2, 0.25) is 11.6 Å². The molecular weight excluding hydrogens is 434 g/mol. The summed E-state index contributed by atoms with van der Waals surface area (Å²) in [7, 11) is 2.78. The lowest BCUT2D eigenvalue weighted by atomic mass is 9.98. The molecule has 4 rings (SSSR count). The van der Waals surface area contributed by atoms with Crippen molar-refractivity contribution in [3.63, 3.8) is 0 Å².